The van der Waals surface area contributed by atoms with E-state index in [4.69, 9.17) is 0 Å². The van der Waals surface area contributed by atoms with E-state index in [0.29, 0.717) is 0 Å². The number of likely N-dealkylation sites (N-methyl/N-ethyl adjacent to an activating group) is 1. The molecule has 2 aromatic carbocycles. The van der Waals surface area contributed by atoms with Crippen LogP contribution in [0.15, 0.2) is 54.6 Å². The van der Waals surface area contributed by atoms with E-state index >= 15 is 0 Å². The smallest absolute Gasteiger partial charge is 0.248 e. The maximum absolute atomic E-state index is 11.9. The van der Waals surface area contributed by atoms with Crippen molar-refractivity contribution >= 4 is 17.7 Å². The van der Waals surface area contributed by atoms with Gasteiger partial charge in [-0.05, 0) is 56.8 Å². The number of hydrogen-bond acceptors (Lipinski definition) is 2. The van der Waals surface area contributed by atoms with Gasteiger partial charge in [-0.25, -0.2) is 0 Å². The number of anilines is 1. The lowest BCUT2D eigenvalue weighted by Crippen LogP contribution is -2.15. The van der Waals surface area contributed by atoms with E-state index in [1.165, 1.54) is 11.1 Å². The minimum absolute atomic E-state index is 0.119. The molecule has 0 unspecified atom stereocenters. The number of nitrogens with one attached hydrogen (secondary N) is 1. The third-order valence-corrected chi connectivity index (χ3v) is 3.57. The second-order valence-corrected chi connectivity index (χ2v) is 5.98. The molecular formula is C20H24N2O. The number of nitrogens with zero attached hydrogens (tertiary/aromatic N) is 1. The first-order chi connectivity index (χ1) is 11.0. The Morgan fingerprint density at radius 3 is 2.30 bits per heavy atom. The van der Waals surface area contributed by atoms with Crippen LogP contribution >= 0.6 is 0 Å². The van der Waals surface area contributed by atoms with Crippen LogP contribution in [-0.2, 0) is 11.2 Å². The highest BCUT2D eigenvalue weighted by Gasteiger charge is 1.99. The van der Waals surface area contributed by atoms with Crippen molar-refractivity contribution in [3.05, 3.63) is 71.3 Å². The van der Waals surface area contributed by atoms with Crippen LogP contribution in [0.25, 0.3) is 6.08 Å². The first-order valence-electron chi connectivity index (χ1n) is 7.82. The van der Waals surface area contributed by atoms with Gasteiger partial charge in [-0.2, -0.15) is 0 Å². The number of aryl methyl sites for hydroxylation is 1. The van der Waals surface area contributed by atoms with Gasteiger partial charge >= 0.3 is 0 Å². The first kappa shape index (κ1) is 17.0. The lowest BCUT2D eigenvalue weighted by Gasteiger charge is -2.09. The topological polar surface area (TPSA) is 32.3 Å². The van der Waals surface area contributed by atoms with E-state index in [-0.39, 0.29) is 5.91 Å². The predicted octanol–water partition coefficient (Wildman–Crippen LogP) is 3.75. The molecule has 0 fully saturated rings. The van der Waals surface area contributed by atoms with Gasteiger partial charge in [0.05, 0.1) is 0 Å². The standard InChI is InChI=1S/C20H24N2O/c1-16-4-6-17(7-5-16)10-13-20(23)21-19-11-8-18(9-12-19)14-15-22(2)3/h4-13H,14-15H2,1-3H3,(H,21,23)/b13-10+. The van der Waals surface area contributed by atoms with E-state index in [2.05, 4.69) is 36.4 Å². The van der Waals surface area contributed by atoms with Gasteiger partial charge in [-0.15, -0.1) is 0 Å². The summed E-state index contributed by atoms with van der Waals surface area (Å²) in [6, 6.07) is 16.1. The third kappa shape index (κ3) is 6.09. The molecule has 2 rings (SSSR count). The van der Waals surface area contributed by atoms with Crippen LogP contribution in [0.2, 0.25) is 0 Å². The number of amides is 1. The molecule has 3 nitrogen and oxygen atoms in total. The lowest BCUT2D eigenvalue weighted by atomic mass is 10.1. The molecule has 0 spiro atoms. The molecule has 3 heteroatoms. The molecule has 1 N–H and O–H groups in total. The monoisotopic (exact) mass is 308 g/mol. The average molecular weight is 308 g/mol. The summed E-state index contributed by atoms with van der Waals surface area (Å²) in [6.45, 7) is 3.06. The number of rotatable bonds is 6. The fourth-order valence-corrected chi connectivity index (χ4v) is 2.14. The lowest BCUT2D eigenvalue weighted by molar-refractivity contribution is -0.111. The molecule has 0 bridgehead atoms. The van der Waals surface area contributed by atoms with Gasteiger partial charge in [0, 0.05) is 18.3 Å². The molecule has 0 heterocycles. The van der Waals surface area contributed by atoms with E-state index < -0.39 is 0 Å². The minimum Gasteiger partial charge on any atom is -0.323 e. The molecular weight excluding hydrogens is 284 g/mol. The molecule has 0 radical (unpaired) electrons. The minimum atomic E-state index is -0.119. The highest BCUT2D eigenvalue weighted by atomic mass is 16.1. The zero-order valence-electron chi connectivity index (χ0n) is 14.0. The number of carbonyl (C=O) groups is 1. The summed E-state index contributed by atoms with van der Waals surface area (Å²) in [5.41, 5.74) is 4.31. The Labute approximate surface area is 138 Å². The van der Waals surface area contributed by atoms with Gasteiger partial charge in [-0.3, -0.25) is 4.79 Å². The molecule has 0 aliphatic rings. The molecule has 120 valence electrons. The predicted molar refractivity (Wildman–Crippen MR) is 97.5 cm³/mol. The summed E-state index contributed by atoms with van der Waals surface area (Å²) in [4.78, 5) is 14.1. The second kappa shape index (κ2) is 8.30. The average Bonchev–Trinajstić information content (AvgIpc) is 2.53. The zero-order chi connectivity index (χ0) is 16.7. The largest absolute Gasteiger partial charge is 0.323 e. The molecule has 0 aromatic heterocycles. The molecule has 23 heavy (non-hydrogen) atoms. The van der Waals surface area contributed by atoms with Crippen molar-refractivity contribution < 1.29 is 4.79 Å². The van der Waals surface area contributed by atoms with Crippen LogP contribution in [0.5, 0.6) is 0 Å². The van der Waals surface area contributed by atoms with Gasteiger partial charge in [0.1, 0.15) is 0 Å². The maximum atomic E-state index is 11.9. The second-order valence-electron chi connectivity index (χ2n) is 5.98. The van der Waals surface area contributed by atoms with Gasteiger partial charge in [0.2, 0.25) is 5.91 Å². The van der Waals surface area contributed by atoms with Crippen molar-refractivity contribution in [1.82, 2.24) is 4.90 Å². The quantitative estimate of drug-likeness (QED) is 0.824. The van der Waals surface area contributed by atoms with Crippen LogP contribution in [0, 0.1) is 6.92 Å². The Kier molecular flexibility index (Phi) is 6.12. The molecule has 0 atom stereocenters. The summed E-state index contributed by atoms with van der Waals surface area (Å²) < 4.78 is 0. The molecule has 0 aliphatic heterocycles. The first-order valence-corrected chi connectivity index (χ1v) is 7.82. The molecule has 2 aromatic rings. The van der Waals surface area contributed by atoms with Crippen LogP contribution in [0.4, 0.5) is 5.69 Å². The van der Waals surface area contributed by atoms with E-state index in [0.717, 1.165) is 24.2 Å². The Morgan fingerprint density at radius 1 is 1.04 bits per heavy atom. The Balaban J connectivity index is 1.88. The summed E-state index contributed by atoms with van der Waals surface area (Å²) in [7, 11) is 4.13. The number of benzene rings is 2. The summed E-state index contributed by atoms with van der Waals surface area (Å²) in [6.07, 6.45) is 4.39. The third-order valence-electron chi connectivity index (χ3n) is 3.57. The van der Waals surface area contributed by atoms with Crippen LogP contribution in [0.1, 0.15) is 16.7 Å². The zero-order valence-corrected chi connectivity index (χ0v) is 14.0. The SMILES string of the molecule is Cc1ccc(/C=C/C(=O)Nc2ccc(CCN(C)C)cc2)cc1. The molecule has 0 saturated carbocycles. The van der Waals surface area contributed by atoms with E-state index in [9.17, 15) is 4.79 Å². The van der Waals surface area contributed by atoms with Gasteiger partial charge in [0.25, 0.3) is 0 Å². The molecule has 0 aliphatic carbocycles. The fraction of sp³-hybridized carbons (Fsp3) is 0.250. The highest BCUT2D eigenvalue weighted by Crippen LogP contribution is 2.11. The maximum Gasteiger partial charge on any atom is 0.248 e. The normalized spacial score (nSPS) is 11.1. The van der Waals surface area contributed by atoms with Crippen molar-refractivity contribution in [2.45, 2.75) is 13.3 Å². The highest BCUT2D eigenvalue weighted by molar-refractivity contribution is 6.01. The van der Waals surface area contributed by atoms with Crippen molar-refractivity contribution in [2.75, 3.05) is 26.0 Å². The molecule has 0 saturated heterocycles. The van der Waals surface area contributed by atoms with E-state index in [1.54, 1.807) is 6.08 Å². The van der Waals surface area contributed by atoms with Crippen molar-refractivity contribution in [3.8, 4) is 0 Å². The van der Waals surface area contributed by atoms with Gasteiger partial charge < -0.3 is 10.2 Å². The summed E-state index contributed by atoms with van der Waals surface area (Å²) >= 11 is 0. The van der Waals surface area contributed by atoms with Gasteiger partial charge in [0.15, 0.2) is 0 Å². The van der Waals surface area contributed by atoms with Crippen molar-refractivity contribution in [2.24, 2.45) is 0 Å². The number of carbonyl (C=O) groups excluding carboxylic acids is 1. The molecule has 1 amide bonds. The van der Waals surface area contributed by atoms with Crippen LogP contribution in [-0.4, -0.2) is 31.4 Å². The fourth-order valence-electron chi connectivity index (χ4n) is 2.14. The number of hydrogen-bond donors (Lipinski definition) is 1. The Bertz CT molecular complexity index is 655. The van der Waals surface area contributed by atoms with E-state index in [1.807, 2.05) is 49.4 Å². The van der Waals surface area contributed by atoms with Crippen molar-refractivity contribution in [1.29, 1.82) is 0 Å². The Hall–Kier alpha value is -2.39. The van der Waals surface area contributed by atoms with Crippen LogP contribution in [0.3, 0.4) is 0 Å². The van der Waals surface area contributed by atoms with Crippen molar-refractivity contribution in [3.63, 3.8) is 0 Å². The van der Waals surface area contributed by atoms with Gasteiger partial charge in [-0.1, -0.05) is 42.0 Å². The Morgan fingerprint density at radius 2 is 1.70 bits per heavy atom. The van der Waals surface area contributed by atoms with Crippen LogP contribution < -0.4 is 5.32 Å². The summed E-state index contributed by atoms with van der Waals surface area (Å²) in [5.74, 6) is -0.119. The summed E-state index contributed by atoms with van der Waals surface area (Å²) in [5, 5.41) is 2.88.